The van der Waals surface area contributed by atoms with Crippen LogP contribution in [-0.4, -0.2) is 13.7 Å². The zero-order valence-electron chi connectivity index (χ0n) is 9.16. The van der Waals surface area contributed by atoms with Crippen LogP contribution in [0.1, 0.15) is 5.56 Å². The predicted octanol–water partition coefficient (Wildman–Crippen LogP) is 3.11. The summed E-state index contributed by atoms with van der Waals surface area (Å²) in [7, 11) is 1.69. The Morgan fingerprint density at radius 1 is 1.19 bits per heavy atom. The number of hydrogen-bond donors (Lipinski definition) is 1. The Bertz CT molecular complexity index is 511. The molecule has 0 aliphatic heterocycles. The van der Waals surface area contributed by atoms with Crippen molar-refractivity contribution < 1.29 is 4.74 Å². The van der Waals surface area contributed by atoms with E-state index >= 15 is 0 Å². The van der Waals surface area contributed by atoms with E-state index in [0.717, 1.165) is 22.2 Å². The molecule has 2 nitrogen and oxygen atoms in total. The third kappa shape index (κ3) is 2.20. The molecule has 84 valence electrons. The van der Waals surface area contributed by atoms with Crippen LogP contribution < -0.4 is 10.5 Å². The van der Waals surface area contributed by atoms with Gasteiger partial charge < -0.3 is 10.5 Å². The van der Waals surface area contributed by atoms with Gasteiger partial charge in [0, 0.05) is 4.47 Å². The fraction of sp³-hybridized carbons (Fsp3) is 0.231. The second-order valence-electron chi connectivity index (χ2n) is 3.69. The molecular formula is C13H14BrNO. The molecule has 2 aromatic rings. The Kier molecular flexibility index (Phi) is 3.46. The normalized spacial score (nSPS) is 10.7. The van der Waals surface area contributed by atoms with Crippen molar-refractivity contribution in [3.8, 4) is 5.75 Å². The summed E-state index contributed by atoms with van der Waals surface area (Å²) in [4.78, 5) is 0. The molecule has 0 heterocycles. The van der Waals surface area contributed by atoms with Crippen LogP contribution in [0, 0.1) is 0 Å². The summed E-state index contributed by atoms with van der Waals surface area (Å²) in [6.45, 7) is 0.635. The molecule has 16 heavy (non-hydrogen) atoms. The Balaban J connectivity index is 2.60. The molecule has 2 N–H and O–H groups in total. The molecule has 0 bridgehead atoms. The number of hydrogen-bond acceptors (Lipinski definition) is 2. The first kappa shape index (κ1) is 11.4. The third-order valence-corrected chi connectivity index (χ3v) is 3.11. The van der Waals surface area contributed by atoms with Gasteiger partial charge in [-0.25, -0.2) is 0 Å². The molecule has 2 aromatic carbocycles. The molecule has 0 aliphatic carbocycles. The van der Waals surface area contributed by atoms with Crippen molar-refractivity contribution in [1.29, 1.82) is 0 Å². The molecule has 0 fully saturated rings. The zero-order valence-corrected chi connectivity index (χ0v) is 10.8. The molecule has 0 saturated carbocycles. The molecule has 0 aliphatic rings. The van der Waals surface area contributed by atoms with Crippen molar-refractivity contribution in [1.82, 2.24) is 0 Å². The molecule has 0 saturated heterocycles. The van der Waals surface area contributed by atoms with Gasteiger partial charge in [0.1, 0.15) is 5.75 Å². The van der Waals surface area contributed by atoms with Crippen LogP contribution in [0.15, 0.2) is 34.8 Å². The van der Waals surface area contributed by atoms with Gasteiger partial charge in [0.15, 0.2) is 0 Å². The van der Waals surface area contributed by atoms with Crippen molar-refractivity contribution in [2.75, 3.05) is 13.7 Å². The molecule has 2 rings (SSSR count). The van der Waals surface area contributed by atoms with Gasteiger partial charge in [-0.3, -0.25) is 0 Å². The second-order valence-corrected chi connectivity index (χ2v) is 4.61. The van der Waals surface area contributed by atoms with E-state index in [1.165, 1.54) is 10.8 Å². The average molecular weight is 280 g/mol. The summed E-state index contributed by atoms with van der Waals surface area (Å²) in [5.74, 6) is 0.917. The maximum absolute atomic E-state index is 5.59. The summed E-state index contributed by atoms with van der Waals surface area (Å²) in [5, 5.41) is 2.39. The van der Waals surface area contributed by atoms with Crippen LogP contribution in [0.5, 0.6) is 5.75 Å². The molecule has 3 heteroatoms. The van der Waals surface area contributed by atoms with Gasteiger partial charge in [0.25, 0.3) is 0 Å². The Morgan fingerprint density at radius 2 is 2.00 bits per heavy atom. The van der Waals surface area contributed by atoms with E-state index < -0.39 is 0 Å². The minimum atomic E-state index is 0.635. The van der Waals surface area contributed by atoms with E-state index in [1.54, 1.807) is 7.11 Å². The zero-order chi connectivity index (χ0) is 11.5. The topological polar surface area (TPSA) is 35.2 Å². The highest BCUT2D eigenvalue weighted by Crippen LogP contribution is 2.28. The fourth-order valence-electron chi connectivity index (χ4n) is 1.84. The van der Waals surface area contributed by atoms with Gasteiger partial charge in [-0.1, -0.05) is 22.0 Å². The monoisotopic (exact) mass is 279 g/mol. The van der Waals surface area contributed by atoms with Crippen molar-refractivity contribution in [3.63, 3.8) is 0 Å². The number of ether oxygens (including phenoxy) is 1. The van der Waals surface area contributed by atoms with Gasteiger partial charge in [-0.05, 0) is 53.6 Å². The van der Waals surface area contributed by atoms with Crippen LogP contribution in [-0.2, 0) is 6.42 Å². The van der Waals surface area contributed by atoms with Gasteiger partial charge in [-0.15, -0.1) is 0 Å². The number of halogens is 1. The summed E-state index contributed by atoms with van der Waals surface area (Å²) in [6.07, 6.45) is 0.839. The average Bonchev–Trinajstić information content (AvgIpc) is 2.28. The van der Waals surface area contributed by atoms with Crippen molar-refractivity contribution >= 4 is 26.7 Å². The first-order chi connectivity index (χ1) is 7.74. The van der Waals surface area contributed by atoms with Gasteiger partial charge in [-0.2, -0.15) is 0 Å². The SMILES string of the molecule is COc1cc2ccc(Br)cc2cc1CCN. The van der Waals surface area contributed by atoms with Gasteiger partial charge in [0.2, 0.25) is 0 Å². The second kappa shape index (κ2) is 4.85. The van der Waals surface area contributed by atoms with Crippen LogP contribution in [0.3, 0.4) is 0 Å². The van der Waals surface area contributed by atoms with E-state index in [2.05, 4.69) is 40.2 Å². The van der Waals surface area contributed by atoms with Crippen LogP contribution in [0.25, 0.3) is 10.8 Å². The number of methoxy groups -OCH3 is 1. The van der Waals surface area contributed by atoms with E-state index in [1.807, 2.05) is 6.07 Å². The summed E-state index contributed by atoms with van der Waals surface area (Å²) < 4.78 is 6.46. The number of benzene rings is 2. The Morgan fingerprint density at radius 3 is 2.69 bits per heavy atom. The fourth-order valence-corrected chi connectivity index (χ4v) is 2.21. The number of fused-ring (bicyclic) bond motifs is 1. The van der Waals surface area contributed by atoms with Gasteiger partial charge >= 0.3 is 0 Å². The molecule has 0 radical (unpaired) electrons. The standard InChI is InChI=1S/C13H14BrNO/c1-16-13-8-9-2-3-12(14)7-11(9)6-10(13)4-5-15/h2-3,6-8H,4-5,15H2,1H3. The molecule has 0 atom stereocenters. The van der Waals surface area contributed by atoms with E-state index in [0.29, 0.717) is 6.54 Å². The molecule has 0 spiro atoms. The molecular weight excluding hydrogens is 266 g/mol. The minimum Gasteiger partial charge on any atom is -0.496 e. The summed E-state index contributed by atoms with van der Waals surface area (Å²) in [6, 6.07) is 10.4. The van der Waals surface area contributed by atoms with Crippen molar-refractivity contribution in [2.45, 2.75) is 6.42 Å². The van der Waals surface area contributed by atoms with Gasteiger partial charge in [0.05, 0.1) is 7.11 Å². The minimum absolute atomic E-state index is 0.635. The summed E-state index contributed by atoms with van der Waals surface area (Å²) in [5.41, 5.74) is 6.76. The van der Waals surface area contributed by atoms with Crippen molar-refractivity contribution in [3.05, 3.63) is 40.4 Å². The Labute approximate surface area is 104 Å². The maximum Gasteiger partial charge on any atom is 0.122 e. The molecule has 0 amide bonds. The van der Waals surface area contributed by atoms with E-state index in [4.69, 9.17) is 10.5 Å². The lowest BCUT2D eigenvalue weighted by atomic mass is 10.0. The molecule has 0 aromatic heterocycles. The lowest BCUT2D eigenvalue weighted by Crippen LogP contribution is -2.04. The highest BCUT2D eigenvalue weighted by Gasteiger charge is 2.05. The predicted molar refractivity (Wildman–Crippen MR) is 71.0 cm³/mol. The quantitative estimate of drug-likeness (QED) is 0.937. The number of nitrogens with two attached hydrogens (primary N) is 1. The smallest absolute Gasteiger partial charge is 0.122 e. The first-order valence-corrected chi connectivity index (χ1v) is 6.00. The van der Waals surface area contributed by atoms with Crippen LogP contribution >= 0.6 is 15.9 Å². The highest BCUT2D eigenvalue weighted by atomic mass is 79.9. The van der Waals surface area contributed by atoms with E-state index in [9.17, 15) is 0 Å². The van der Waals surface area contributed by atoms with E-state index in [-0.39, 0.29) is 0 Å². The number of rotatable bonds is 3. The summed E-state index contributed by atoms with van der Waals surface area (Å²) >= 11 is 3.48. The molecule has 0 unspecified atom stereocenters. The third-order valence-electron chi connectivity index (χ3n) is 2.62. The lowest BCUT2D eigenvalue weighted by Gasteiger charge is -2.09. The van der Waals surface area contributed by atoms with Crippen LogP contribution in [0.2, 0.25) is 0 Å². The Hall–Kier alpha value is -1.06. The largest absolute Gasteiger partial charge is 0.496 e. The maximum atomic E-state index is 5.59. The lowest BCUT2D eigenvalue weighted by molar-refractivity contribution is 0.410. The first-order valence-electron chi connectivity index (χ1n) is 5.21. The van der Waals surface area contributed by atoms with Crippen LogP contribution in [0.4, 0.5) is 0 Å². The highest BCUT2D eigenvalue weighted by molar-refractivity contribution is 9.10. The van der Waals surface area contributed by atoms with Crippen molar-refractivity contribution in [2.24, 2.45) is 5.73 Å².